The molecule has 0 aromatic heterocycles. The summed E-state index contributed by atoms with van der Waals surface area (Å²) in [5, 5.41) is 23.5. The Kier molecular flexibility index (Phi) is 7.89. The quantitative estimate of drug-likeness (QED) is 0.155. The number of fused-ring (bicyclic) bond motifs is 1. The van der Waals surface area contributed by atoms with E-state index < -0.39 is 21.8 Å². The lowest BCUT2D eigenvalue weighted by Gasteiger charge is -2.13. The number of azo groups is 1. The van der Waals surface area contributed by atoms with Crippen LogP contribution in [0.4, 0.5) is 17.1 Å². The Morgan fingerprint density at radius 1 is 1.05 bits per heavy atom. The number of benzene rings is 4. The number of hydrogen-bond acceptors (Lipinski definition) is 7. The second-order valence-corrected chi connectivity index (χ2v) is 10.2. The molecule has 0 unspecified atom stereocenters. The summed E-state index contributed by atoms with van der Waals surface area (Å²) >= 11 is 12.4. The third-order valence-electron chi connectivity index (χ3n) is 5.58. The number of halogens is 2. The first-order valence-electron chi connectivity index (χ1n) is 11.2. The summed E-state index contributed by atoms with van der Waals surface area (Å²) in [6, 6.07) is 15.7. The molecule has 3 N–H and O–H groups in total. The minimum Gasteiger partial charge on any atom is -0.505 e. The van der Waals surface area contributed by atoms with E-state index in [0.29, 0.717) is 33.8 Å². The van der Waals surface area contributed by atoms with E-state index in [1.165, 1.54) is 19.1 Å². The number of carbonyl (C=O) groups excluding carboxylic acids is 1. The van der Waals surface area contributed by atoms with Crippen LogP contribution in [0.15, 0.2) is 75.8 Å². The zero-order valence-electron chi connectivity index (χ0n) is 20.1. The Bertz CT molecular complexity index is 1710. The maximum atomic E-state index is 13.2. The van der Waals surface area contributed by atoms with Gasteiger partial charge in [-0.05, 0) is 55.1 Å². The lowest BCUT2D eigenvalue weighted by atomic mass is 10.0. The summed E-state index contributed by atoms with van der Waals surface area (Å²) in [7, 11) is -4.48. The van der Waals surface area contributed by atoms with Gasteiger partial charge in [0.15, 0.2) is 5.75 Å². The van der Waals surface area contributed by atoms with Crippen molar-refractivity contribution in [2.75, 3.05) is 11.9 Å². The number of carbonyl (C=O) groups is 1. The van der Waals surface area contributed by atoms with Crippen molar-refractivity contribution >= 4 is 67.1 Å². The van der Waals surface area contributed by atoms with E-state index >= 15 is 0 Å². The molecule has 0 fully saturated rings. The Morgan fingerprint density at radius 3 is 2.50 bits per heavy atom. The predicted octanol–water partition coefficient (Wildman–Crippen LogP) is 7.47. The van der Waals surface area contributed by atoms with Crippen molar-refractivity contribution < 1.29 is 27.6 Å². The number of phenolic OH excluding ortho intramolecular Hbond substituents is 1. The molecule has 0 saturated heterocycles. The van der Waals surface area contributed by atoms with Gasteiger partial charge in [-0.3, -0.25) is 9.35 Å². The second-order valence-electron chi connectivity index (χ2n) is 8.07. The molecule has 0 heterocycles. The van der Waals surface area contributed by atoms with Crippen LogP contribution in [0.25, 0.3) is 10.8 Å². The lowest BCUT2D eigenvalue weighted by molar-refractivity contribution is 0.102. The van der Waals surface area contributed by atoms with Gasteiger partial charge in [-0.2, -0.15) is 8.42 Å². The molecule has 4 rings (SSSR count). The van der Waals surface area contributed by atoms with Crippen LogP contribution < -0.4 is 10.1 Å². The average molecular weight is 574 g/mol. The van der Waals surface area contributed by atoms with Gasteiger partial charge in [0.1, 0.15) is 17.1 Å². The van der Waals surface area contributed by atoms with Crippen molar-refractivity contribution in [2.45, 2.75) is 18.7 Å². The maximum Gasteiger partial charge on any atom is 0.294 e. The summed E-state index contributed by atoms with van der Waals surface area (Å²) in [6.07, 6.45) is 0. The van der Waals surface area contributed by atoms with Gasteiger partial charge in [-0.15, -0.1) is 10.2 Å². The van der Waals surface area contributed by atoms with E-state index in [1.54, 1.807) is 42.5 Å². The van der Waals surface area contributed by atoms with E-state index in [2.05, 4.69) is 15.5 Å². The van der Waals surface area contributed by atoms with E-state index in [4.69, 9.17) is 27.9 Å². The number of rotatable bonds is 7. The van der Waals surface area contributed by atoms with Crippen molar-refractivity contribution in [3.05, 3.63) is 81.8 Å². The van der Waals surface area contributed by atoms with Crippen LogP contribution >= 0.6 is 23.2 Å². The minimum absolute atomic E-state index is 0.00642. The number of nitrogens with zero attached hydrogens (tertiary/aromatic N) is 2. The molecule has 0 saturated carbocycles. The molecule has 1 amide bonds. The third kappa shape index (κ3) is 5.58. The van der Waals surface area contributed by atoms with E-state index in [1.807, 2.05) is 6.92 Å². The second kappa shape index (κ2) is 11.0. The Labute approximate surface area is 228 Å². The fourth-order valence-electron chi connectivity index (χ4n) is 3.75. The summed E-state index contributed by atoms with van der Waals surface area (Å²) in [5.41, 5.74) is 0.531. The number of nitrogens with one attached hydrogen (secondary N) is 1. The van der Waals surface area contributed by atoms with Crippen LogP contribution in [0.3, 0.4) is 0 Å². The van der Waals surface area contributed by atoms with E-state index in [9.17, 15) is 22.9 Å². The van der Waals surface area contributed by atoms with Gasteiger partial charge in [-0.25, -0.2) is 0 Å². The largest absolute Gasteiger partial charge is 0.505 e. The summed E-state index contributed by atoms with van der Waals surface area (Å²) in [6.45, 7) is 3.61. The van der Waals surface area contributed by atoms with Crippen molar-refractivity contribution in [1.82, 2.24) is 0 Å². The highest BCUT2D eigenvalue weighted by Gasteiger charge is 2.20. The number of amides is 1. The third-order valence-corrected chi connectivity index (χ3v) is 7.37. The zero-order valence-corrected chi connectivity index (χ0v) is 22.4. The van der Waals surface area contributed by atoms with Gasteiger partial charge in [0.25, 0.3) is 16.0 Å². The predicted molar refractivity (Wildman–Crippen MR) is 146 cm³/mol. The van der Waals surface area contributed by atoms with E-state index in [-0.39, 0.29) is 32.4 Å². The molecule has 196 valence electrons. The Morgan fingerprint density at radius 2 is 1.79 bits per heavy atom. The van der Waals surface area contributed by atoms with Gasteiger partial charge >= 0.3 is 0 Å². The first kappa shape index (κ1) is 27.3. The number of anilines is 1. The van der Waals surface area contributed by atoms with Crippen LogP contribution in [-0.2, 0) is 10.1 Å². The van der Waals surface area contributed by atoms with Crippen LogP contribution in [0, 0.1) is 6.92 Å². The molecule has 0 bridgehead atoms. The topological polar surface area (TPSA) is 138 Å². The molecule has 12 heteroatoms. The molecule has 0 atom stereocenters. The van der Waals surface area contributed by atoms with Crippen LogP contribution in [0.5, 0.6) is 11.5 Å². The first-order valence-corrected chi connectivity index (χ1v) is 13.4. The summed E-state index contributed by atoms with van der Waals surface area (Å²) < 4.78 is 37.9. The van der Waals surface area contributed by atoms with Crippen LogP contribution in [-0.4, -0.2) is 30.6 Å². The van der Waals surface area contributed by atoms with Crippen LogP contribution in [0.2, 0.25) is 10.0 Å². The molecule has 0 aliphatic rings. The van der Waals surface area contributed by atoms with Gasteiger partial charge < -0.3 is 15.2 Å². The normalized spacial score (nSPS) is 11.7. The molecule has 0 aliphatic heterocycles. The lowest BCUT2D eigenvalue weighted by Crippen LogP contribution is -2.12. The standard InChI is InChI=1S/C26H21Cl2N3O6S/c1-3-37-21-13-16(8-9-19(21)27)29-26(33)18-12-15-6-4-5-7-17(15)24(25(18)32)31-30-20-10-11-22(38(34,35)36)14(2)23(20)28/h4-13,32H,3H2,1-2H3,(H,29,33)(H,34,35,36). The van der Waals surface area contributed by atoms with Crippen molar-refractivity contribution in [3.63, 3.8) is 0 Å². The molecular formula is C26H21Cl2N3O6S. The highest BCUT2D eigenvalue weighted by molar-refractivity contribution is 7.85. The molecule has 38 heavy (non-hydrogen) atoms. The fraction of sp³-hybridized carbons (Fsp3) is 0.115. The molecule has 9 nitrogen and oxygen atoms in total. The van der Waals surface area contributed by atoms with Crippen molar-refractivity contribution in [1.29, 1.82) is 0 Å². The summed E-state index contributed by atoms with van der Waals surface area (Å²) in [5.74, 6) is -0.636. The molecular weight excluding hydrogens is 553 g/mol. The van der Waals surface area contributed by atoms with Gasteiger partial charge in [0, 0.05) is 17.1 Å². The zero-order chi connectivity index (χ0) is 27.6. The monoisotopic (exact) mass is 573 g/mol. The Balaban J connectivity index is 1.76. The maximum absolute atomic E-state index is 13.2. The van der Waals surface area contributed by atoms with Gasteiger partial charge in [0.05, 0.1) is 27.1 Å². The van der Waals surface area contributed by atoms with Crippen molar-refractivity contribution in [2.24, 2.45) is 10.2 Å². The molecule has 0 spiro atoms. The van der Waals surface area contributed by atoms with E-state index in [0.717, 1.165) is 6.07 Å². The number of aromatic hydroxyl groups is 1. The van der Waals surface area contributed by atoms with Crippen molar-refractivity contribution in [3.8, 4) is 11.5 Å². The van der Waals surface area contributed by atoms with Gasteiger partial charge in [0.2, 0.25) is 0 Å². The highest BCUT2D eigenvalue weighted by atomic mass is 35.5. The molecule has 4 aromatic rings. The molecule has 4 aromatic carbocycles. The fourth-order valence-corrected chi connectivity index (χ4v) is 4.91. The van der Waals surface area contributed by atoms with Gasteiger partial charge in [-0.1, -0.05) is 47.5 Å². The first-order chi connectivity index (χ1) is 18.0. The average Bonchev–Trinajstić information content (AvgIpc) is 2.86. The smallest absolute Gasteiger partial charge is 0.294 e. The minimum atomic E-state index is -4.48. The summed E-state index contributed by atoms with van der Waals surface area (Å²) in [4.78, 5) is 12.8. The molecule has 0 radical (unpaired) electrons. The van der Waals surface area contributed by atoms with Crippen LogP contribution in [0.1, 0.15) is 22.8 Å². The number of phenols is 1. The Hall–Kier alpha value is -3.70. The number of hydrogen-bond donors (Lipinski definition) is 3. The SMILES string of the molecule is CCOc1cc(NC(=O)c2cc3ccccc3c(N=Nc3ccc(S(=O)(=O)O)c(C)c3Cl)c2O)ccc1Cl. The molecule has 0 aliphatic carbocycles. The number of ether oxygens (including phenoxy) is 1. The highest BCUT2D eigenvalue weighted by Crippen LogP contribution is 2.41.